The SMILES string of the molecule is CC/C=C/C=C/C=C\CCCCCCC(O)C(=O)NC(COC1OC(CO)C(O)C(O)C1OC(=O)CCCCCCCC/C=C\C/C=C\C/C=C\CCCCC)C(O)/C=C/CCCCCCCCCCC. The molecule has 408 valence electrons. The van der Waals surface area contributed by atoms with Crippen LogP contribution in [0.15, 0.2) is 85.1 Å². The predicted octanol–water partition coefficient (Wildman–Crippen LogP) is 12.6. The number of aliphatic hydroxyl groups is 5. The van der Waals surface area contributed by atoms with Crippen molar-refractivity contribution in [2.24, 2.45) is 0 Å². The van der Waals surface area contributed by atoms with Crippen LogP contribution in [-0.2, 0) is 23.8 Å². The second-order valence-electron chi connectivity index (χ2n) is 19.3. The van der Waals surface area contributed by atoms with E-state index in [0.717, 1.165) is 109 Å². The van der Waals surface area contributed by atoms with Gasteiger partial charge < -0.3 is 45.1 Å². The lowest BCUT2D eigenvalue weighted by molar-refractivity contribution is -0.305. The highest BCUT2D eigenvalue weighted by atomic mass is 16.7. The van der Waals surface area contributed by atoms with Gasteiger partial charge in [0.25, 0.3) is 0 Å². The third kappa shape index (κ3) is 36.4. The molecule has 0 saturated carbocycles. The number of aliphatic hydroxyl groups excluding tert-OH is 5. The van der Waals surface area contributed by atoms with Gasteiger partial charge in [0.15, 0.2) is 12.4 Å². The summed E-state index contributed by atoms with van der Waals surface area (Å²) in [6.07, 6.45) is 50.6. The van der Waals surface area contributed by atoms with Crippen molar-refractivity contribution in [3.05, 3.63) is 85.1 Å². The average molecular weight is 998 g/mol. The molecule has 11 heteroatoms. The van der Waals surface area contributed by atoms with E-state index in [4.69, 9.17) is 14.2 Å². The van der Waals surface area contributed by atoms with Crippen LogP contribution in [0.3, 0.4) is 0 Å². The van der Waals surface area contributed by atoms with Crippen molar-refractivity contribution < 1.29 is 49.3 Å². The Bertz CT molecular complexity index is 1470. The quantitative estimate of drug-likeness (QED) is 0.0149. The number of unbranched alkanes of at least 4 members (excludes halogenated alkanes) is 22. The molecule has 1 fully saturated rings. The van der Waals surface area contributed by atoms with Gasteiger partial charge in [-0.25, -0.2) is 0 Å². The number of esters is 1. The van der Waals surface area contributed by atoms with Crippen LogP contribution >= 0.6 is 0 Å². The molecule has 1 saturated heterocycles. The van der Waals surface area contributed by atoms with E-state index < -0.39 is 67.4 Å². The highest BCUT2D eigenvalue weighted by molar-refractivity contribution is 5.80. The Morgan fingerprint density at radius 1 is 0.577 bits per heavy atom. The fourth-order valence-corrected chi connectivity index (χ4v) is 8.30. The number of nitrogens with one attached hydrogen (secondary N) is 1. The van der Waals surface area contributed by atoms with E-state index in [9.17, 15) is 35.1 Å². The van der Waals surface area contributed by atoms with Crippen molar-refractivity contribution in [3.63, 3.8) is 0 Å². The van der Waals surface area contributed by atoms with Crippen LogP contribution in [0.5, 0.6) is 0 Å². The molecule has 1 aliphatic rings. The standard InChI is InChI=1S/C60H103NO10/c1-4-7-10-13-16-19-22-24-25-26-27-28-29-30-33-36-39-42-45-48-55(65)71-58-57(67)56(66)54(49-62)70-60(58)69-50-51(52(63)46-43-40-37-34-31-21-18-15-12-9-6-3)61-59(68)53(64)47-44-41-38-35-32-23-20-17-14-11-8-5-2/h8,11,14,16-17,19-20,23-25,27-28,43,46,51-54,56-58,60,62-64,66-67H,4-7,9-10,12-13,15,18,21-22,26,29-42,44-45,47-50H2,1-3H3,(H,61,68)/b11-8+,17-14+,19-16-,23-20-,25-24-,28-27-,46-43+. The van der Waals surface area contributed by atoms with Crippen LogP contribution in [0, 0.1) is 0 Å². The lowest BCUT2D eigenvalue weighted by Crippen LogP contribution is -2.61. The van der Waals surface area contributed by atoms with E-state index in [1.807, 2.05) is 30.4 Å². The molecule has 1 heterocycles. The molecule has 0 aromatic carbocycles. The fourth-order valence-electron chi connectivity index (χ4n) is 8.30. The van der Waals surface area contributed by atoms with Gasteiger partial charge in [-0.3, -0.25) is 9.59 Å². The van der Waals surface area contributed by atoms with Crippen molar-refractivity contribution in [1.82, 2.24) is 5.32 Å². The summed E-state index contributed by atoms with van der Waals surface area (Å²) in [5.74, 6) is -1.24. The Hall–Kier alpha value is -3.16. The van der Waals surface area contributed by atoms with Crippen LogP contribution in [0.4, 0.5) is 0 Å². The van der Waals surface area contributed by atoms with Gasteiger partial charge in [-0.1, -0.05) is 215 Å². The van der Waals surface area contributed by atoms with Crippen molar-refractivity contribution in [1.29, 1.82) is 0 Å². The molecule has 71 heavy (non-hydrogen) atoms. The summed E-state index contributed by atoms with van der Waals surface area (Å²) in [7, 11) is 0. The smallest absolute Gasteiger partial charge is 0.306 e. The minimum atomic E-state index is -1.63. The lowest BCUT2D eigenvalue weighted by Gasteiger charge is -2.41. The summed E-state index contributed by atoms with van der Waals surface area (Å²) in [6.45, 7) is 5.57. The summed E-state index contributed by atoms with van der Waals surface area (Å²) in [6, 6.07) is -1.04. The molecule has 11 nitrogen and oxygen atoms in total. The highest BCUT2D eigenvalue weighted by Crippen LogP contribution is 2.26. The number of amides is 1. The van der Waals surface area contributed by atoms with Crippen LogP contribution < -0.4 is 5.32 Å². The van der Waals surface area contributed by atoms with Crippen LogP contribution in [0.2, 0.25) is 0 Å². The topological polar surface area (TPSA) is 175 Å². The predicted molar refractivity (Wildman–Crippen MR) is 292 cm³/mol. The van der Waals surface area contributed by atoms with Crippen molar-refractivity contribution in [2.45, 2.75) is 269 Å². The Morgan fingerprint density at radius 3 is 1.66 bits per heavy atom. The summed E-state index contributed by atoms with van der Waals surface area (Å²) < 4.78 is 17.5. The van der Waals surface area contributed by atoms with Crippen molar-refractivity contribution >= 4 is 11.9 Å². The van der Waals surface area contributed by atoms with Gasteiger partial charge in [0, 0.05) is 6.42 Å². The van der Waals surface area contributed by atoms with Gasteiger partial charge in [-0.05, 0) is 83.5 Å². The second kappa shape index (κ2) is 47.8. The molecule has 0 spiro atoms. The molecule has 0 bridgehead atoms. The van der Waals surface area contributed by atoms with E-state index in [1.165, 1.54) is 64.2 Å². The van der Waals surface area contributed by atoms with Gasteiger partial charge in [0.05, 0.1) is 25.4 Å². The average Bonchev–Trinajstić information content (AvgIpc) is 3.37. The van der Waals surface area contributed by atoms with Gasteiger partial charge >= 0.3 is 5.97 Å². The van der Waals surface area contributed by atoms with Gasteiger partial charge in [0.2, 0.25) is 5.91 Å². The molecule has 0 aliphatic carbocycles. The molecule has 0 aromatic rings. The minimum Gasteiger partial charge on any atom is -0.454 e. The fraction of sp³-hybridized carbons (Fsp3) is 0.733. The maximum absolute atomic E-state index is 13.3. The van der Waals surface area contributed by atoms with Crippen LogP contribution in [-0.4, -0.2) is 99.6 Å². The largest absolute Gasteiger partial charge is 0.454 e. The van der Waals surface area contributed by atoms with E-state index in [-0.39, 0.29) is 19.4 Å². The minimum absolute atomic E-state index is 0.102. The maximum Gasteiger partial charge on any atom is 0.306 e. The monoisotopic (exact) mass is 998 g/mol. The van der Waals surface area contributed by atoms with Crippen molar-refractivity contribution in [2.75, 3.05) is 13.2 Å². The lowest BCUT2D eigenvalue weighted by atomic mass is 9.99. The number of carbonyl (C=O) groups is 2. The zero-order valence-corrected chi connectivity index (χ0v) is 44.8. The van der Waals surface area contributed by atoms with E-state index in [2.05, 4.69) is 74.7 Å². The number of hydrogen-bond donors (Lipinski definition) is 6. The molecular formula is C60H103NO10. The first-order valence-electron chi connectivity index (χ1n) is 28.4. The molecule has 0 radical (unpaired) electrons. The number of carbonyl (C=O) groups excluding carboxylic acids is 2. The van der Waals surface area contributed by atoms with E-state index >= 15 is 0 Å². The van der Waals surface area contributed by atoms with Gasteiger partial charge in [0.1, 0.15) is 24.4 Å². The molecule has 1 amide bonds. The number of hydrogen-bond acceptors (Lipinski definition) is 10. The van der Waals surface area contributed by atoms with Gasteiger partial charge in [-0.2, -0.15) is 0 Å². The maximum atomic E-state index is 13.3. The zero-order valence-electron chi connectivity index (χ0n) is 44.8. The van der Waals surface area contributed by atoms with E-state index in [1.54, 1.807) is 6.08 Å². The summed E-state index contributed by atoms with van der Waals surface area (Å²) in [5.41, 5.74) is 0. The summed E-state index contributed by atoms with van der Waals surface area (Å²) >= 11 is 0. The first-order valence-corrected chi connectivity index (χ1v) is 28.4. The number of rotatable bonds is 46. The third-order valence-electron chi connectivity index (χ3n) is 12.8. The van der Waals surface area contributed by atoms with Crippen molar-refractivity contribution in [3.8, 4) is 0 Å². The Labute approximate surface area is 432 Å². The van der Waals surface area contributed by atoms with Gasteiger partial charge in [-0.15, -0.1) is 0 Å². The number of ether oxygens (including phenoxy) is 3. The number of allylic oxidation sites excluding steroid dienone is 13. The first kappa shape index (κ1) is 65.9. The Balaban J connectivity index is 2.72. The normalized spacial score (nSPS) is 20.3. The second-order valence-corrected chi connectivity index (χ2v) is 19.3. The Kier molecular flexibility index (Phi) is 44.4. The zero-order chi connectivity index (χ0) is 51.8. The molecule has 1 rings (SSSR count). The molecule has 0 aromatic heterocycles. The summed E-state index contributed by atoms with van der Waals surface area (Å²) in [4.78, 5) is 26.4. The highest BCUT2D eigenvalue weighted by Gasteiger charge is 2.47. The third-order valence-corrected chi connectivity index (χ3v) is 12.8. The molecular weight excluding hydrogens is 895 g/mol. The molecule has 1 aliphatic heterocycles. The molecule has 6 N–H and O–H groups in total. The molecule has 8 unspecified atom stereocenters. The molecule has 8 atom stereocenters. The van der Waals surface area contributed by atoms with E-state index in [0.29, 0.717) is 12.8 Å². The summed E-state index contributed by atoms with van der Waals surface area (Å²) in [5, 5.41) is 56.7. The first-order chi connectivity index (χ1) is 34.7. The van der Waals surface area contributed by atoms with Crippen LogP contribution in [0.1, 0.15) is 220 Å². The Morgan fingerprint density at radius 2 is 1.07 bits per heavy atom. The van der Waals surface area contributed by atoms with Crippen LogP contribution in [0.25, 0.3) is 0 Å².